The van der Waals surface area contributed by atoms with Gasteiger partial charge in [-0.2, -0.15) is 12.6 Å². The van der Waals surface area contributed by atoms with E-state index in [0.717, 1.165) is 13.0 Å². The summed E-state index contributed by atoms with van der Waals surface area (Å²) in [5.41, 5.74) is 5.51. The molecule has 1 unspecified atom stereocenters. The number of hydrogen-bond donors (Lipinski definition) is 3. The maximum absolute atomic E-state index is 11.2. The maximum Gasteiger partial charge on any atom is 0.237 e. The molecular weight excluding hydrogens is 208 g/mol. The average Bonchev–Trinajstić information content (AvgIpc) is 2.26. The summed E-state index contributed by atoms with van der Waals surface area (Å²) in [5, 5.41) is 2.81. The van der Waals surface area contributed by atoms with Crippen LogP contribution in [0.1, 0.15) is 45.4 Å². The highest BCUT2D eigenvalue weighted by molar-refractivity contribution is 7.80. The first-order valence-corrected chi connectivity index (χ1v) is 6.49. The maximum atomic E-state index is 11.2. The first-order valence-electron chi connectivity index (χ1n) is 5.86. The Labute approximate surface area is 98.6 Å². The third-order valence-electron chi connectivity index (χ3n) is 2.36. The van der Waals surface area contributed by atoms with E-state index in [2.05, 4.69) is 24.9 Å². The molecule has 0 saturated carbocycles. The van der Waals surface area contributed by atoms with E-state index in [9.17, 15) is 4.79 Å². The molecule has 0 aromatic rings. The SMILES string of the molecule is CCCCCCCCNC(=O)C(N)CS. The van der Waals surface area contributed by atoms with Gasteiger partial charge in [-0.05, 0) is 6.42 Å². The predicted molar refractivity (Wildman–Crippen MR) is 68.2 cm³/mol. The minimum Gasteiger partial charge on any atom is -0.355 e. The number of nitrogens with one attached hydrogen (secondary N) is 1. The normalized spacial score (nSPS) is 12.5. The number of nitrogens with two attached hydrogens (primary N) is 1. The molecule has 1 atom stereocenters. The van der Waals surface area contributed by atoms with E-state index in [0.29, 0.717) is 5.75 Å². The summed E-state index contributed by atoms with van der Waals surface area (Å²) in [4.78, 5) is 11.2. The Balaban J connectivity index is 3.20. The molecule has 1 amide bonds. The molecule has 3 nitrogen and oxygen atoms in total. The van der Waals surface area contributed by atoms with Crippen molar-refractivity contribution in [3.05, 3.63) is 0 Å². The molecule has 0 spiro atoms. The molecule has 0 aromatic heterocycles. The van der Waals surface area contributed by atoms with Crippen LogP contribution >= 0.6 is 12.6 Å². The molecule has 0 aliphatic rings. The summed E-state index contributed by atoms with van der Waals surface area (Å²) in [6.45, 7) is 2.95. The third-order valence-corrected chi connectivity index (χ3v) is 2.76. The number of carbonyl (C=O) groups is 1. The Morgan fingerprint density at radius 1 is 1.27 bits per heavy atom. The van der Waals surface area contributed by atoms with Gasteiger partial charge in [0.15, 0.2) is 0 Å². The molecule has 90 valence electrons. The molecule has 0 bridgehead atoms. The van der Waals surface area contributed by atoms with Crippen molar-refractivity contribution in [2.45, 2.75) is 51.5 Å². The van der Waals surface area contributed by atoms with Crippen molar-refractivity contribution in [3.8, 4) is 0 Å². The smallest absolute Gasteiger partial charge is 0.237 e. The van der Waals surface area contributed by atoms with Crippen molar-refractivity contribution in [2.75, 3.05) is 12.3 Å². The molecule has 4 heteroatoms. The fourth-order valence-corrected chi connectivity index (χ4v) is 1.50. The number of unbranched alkanes of at least 4 members (excludes halogenated alkanes) is 5. The van der Waals surface area contributed by atoms with Gasteiger partial charge in [-0.3, -0.25) is 4.79 Å². The Bertz CT molecular complexity index is 165. The summed E-state index contributed by atoms with van der Waals surface area (Å²) >= 11 is 3.97. The van der Waals surface area contributed by atoms with E-state index in [1.165, 1.54) is 32.1 Å². The van der Waals surface area contributed by atoms with Crippen molar-refractivity contribution in [3.63, 3.8) is 0 Å². The monoisotopic (exact) mass is 232 g/mol. The third kappa shape index (κ3) is 8.75. The van der Waals surface area contributed by atoms with Crippen LogP contribution in [0.4, 0.5) is 0 Å². The zero-order chi connectivity index (χ0) is 11.5. The van der Waals surface area contributed by atoms with Gasteiger partial charge in [0.1, 0.15) is 0 Å². The van der Waals surface area contributed by atoms with Gasteiger partial charge in [0, 0.05) is 12.3 Å². The second kappa shape index (κ2) is 10.3. The van der Waals surface area contributed by atoms with Gasteiger partial charge in [0.25, 0.3) is 0 Å². The molecule has 0 aliphatic carbocycles. The molecule has 0 saturated heterocycles. The van der Waals surface area contributed by atoms with Gasteiger partial charge in [-0.25, -0.2) is 0 Å². The van der Waals surface area contributed by atoms with Crippen molar-refractivity contribution in [1.29, 1.82) is 0 Å². The lowest BCUT2D eigenvalue weighted by molar-refractivity contribution is -0.121. The number of thiol groups is 1. The summed E-state index contributed by atoms with van der Waals surface area (Å²) in [6, 6.07) is -0.464. The minimum atomic E-state index is -0.464. The molecule has 0 radical (unpaired) electrons. The molecular formula is C11H24N2OS. The lowest BCUT2D eigenvalue weighted by Gasteiger charge is -2.09. The molecule has 0 aromatic carbocycles. The van der Waals surface area contributed by atoms with Crippen molar-refractivity contribution < 1.29 is 4.79 Å². The molecule has 15 heavy (non-hydrogen) atoms. The highest BCUT2D eigenvalue weighted by atomic mass is 32.1. The summed E-state index contributed by atoms with van der Waals surface area (Å²) < 4.78 is 0. The topological polar surface area (TPSA) is 55.1 Å². The predicted octanol–water partition coefficient (Wildman–Crippen LogP) is 1.72. The number of hydrogen-bond acceptors (Lipinski definition) is 3. The van der Waals surface area contributed by atoms with E-state index in [4.69, 9.17) is 5.73 Å². The summed E-state index contributed by atoms with van der Waals surface area (Å²) in [5.74, 6) is 0.320. The quantitative estimate of drug-likeness (QED) is 0.419. The van der Waals surface area contributed by atoms with Crippen LogP contribution in [0.3, 0.4) is 0 Å². The lowest BCUT2D eigenvalue weighted by Crippen LogP contribution is -2.42. The Morgan fingerprint density at radius 3 is 2.47 bits per heavy atom. The Hall–Kier alpha value is -0.220. The molecule has 3 N–H and O–H groups in total. The van der Waals surface area contributed by atoms with Gasteiger partial charge < -0.3 is 11.1 Å². The molecule has 0 heterocycles. The van der Waals surface area contributed by atoms with E-state index in [1.54, 1.807) is 0 Å². The van der Waals surface area contributed by atoms with Crippen LogP contribution < -0.4 is 11.1 Å². The lowest BCUT2D eigenvalue weighted by atomic mass is 10.1. The highest BCUT2D eigenvalue weighted by Crippen LogP contribution is 2.03. The van der Waals surface area contributed by atoms with E-state index in [1.807, 2.05) is 0 Å². The van der Waals surface area contributed by atoms with Gasteiger partial charge in [0.2, 0.25) is 5.91 Å². The minimum absolute atomic E-state index is 0.0847. The summed E-state index contributed by atoms with van der Waals surface area (Å²) in [7, 11) is 0. The van der Waals surface area contributed by atoms with E-state index in [-0.39, 0.29) is 5.91 Å². The fraction of sp³-hybridized carbons (Fsp3) is 0.909. The van der Waals surface area contributed by atoms with Crippen LogP contribution in [0, 0.1) is 0 Å². The number of rotatable bonds is 9. The summed E-state index contributed by atoms with van der Waals surface area (Å²) in [6.07, 6.45) is 7.40. The number of carbonyl (C=O) groups excluding carboxylic acids is 1. The van der Waals surface area contributed by atoms with Crippen LogP contribution in [-0.4, -0.2) is 24.2 Å². The van der Waals surface area contributed by atoms with E-state index < -0.39 is 6.04 Å². The zero-order valence-electron chi connectivity index (χ0n) is 9.67. The average molecular weight is 232 g/mol. The Kier molecular flexibility index (Phi) is 10.2. The molecule has 0 aliphatic heterocycles. The highest BCUT2D eigenvalue weighted by Gasteiger charge is 2.09. The van der Waals surface area contributed by atoms with Crippen LogP contribution in [0.15, 0.2) is 0 Å². The van der Waals surface area contributed by atoms with Crippen LogP contribution in [0.5, 0.6) is 0 Å². The first kappa shape index (κ1) is 14.8. The van der Waals surface area contributed by atoms with Crippen molar-refractivity contribution in [2.24, 2.45) is 5.73 Å². The van der Waals surface area contributed by atoms with Crippen LogP contribution in [0.25, 0.3) is 0 Å². The fourth-order valence-electron chi connectivity index (χ4n) is 1.33. The largest absolute Gasteiger partial charge is 0.355 e. The van der Waals surface area contributed by atoms with Crippen LogP contribution in [0.2, 0.25) is 0 Å². The Morgan fingerprint density at radius 2 is 1.87 bits per heavy atom. The second-order valence-electron chi connectivity index (χ2n) is 3.85. The molecule has 0 rings (SSSR count). The van der Waals surface area contributed by atoms with E-state index >= 15 is 0 Å². The van der Waals surface area contributed by atoms with Gasteiger partial charge in [-0.1, -0.05) is 39.0 Å². The zero-order valence-corrected chi connectivity index (χ0v) is 10.6. The number of amides is 1. The van der Waals surface area contributed by atoms with Crippen molar-refractivity contribution in [1.82, 2.24) is 5.32 Å². The van der Waals surface area contributed by atoms with Gasteiger partial charge in [-0.15, -0.1) is 0 Å². The van der Waals surface area contributed by atoms with Crippen molar-refractivity contribution >= 4 is 18.5 Å². The standard InChI is InChI=1S/C11H24N2OS/c1-2-3-4-5-6-7-8-13-11(14)10(12)9-15/h10,15H,2-9,12H2,1H3,(H,13,14). The second-order valence-corrected chi connectivity index (χ2v) is 4.21. The first-order chi connectivity index (χ1) is 7.22. The molecule has 0 fully saturated rings. The van der Waals surface area contributed by atoms with Gasteiger partial charge >= 0.3 is 0 Å². The van der Waals surface area contributed by atoms with Crippen LogP contribution in [-0.2, 0) is 4.79 Å². The van der Waals surface area contributed by atoms with Gasteiger partial charge in [0.05, 0.1) is 6.04 Å².